The molecule has 2 atom stereocenters. The molecule has 0 heterocycles. The van der Waals surface area contributed by atoms with Crippen molar-refractivity contribution < 1.29 is 19.3 Å². The van der Waals surface area contributed by atoms with Gasteiger partial charge in [0.1, 0.15) is 17.7 Å². The molecule has 2 N–H and O–H groups in total. The Labute approximate surface area is 98.9 Å². The molecule has 0 aliphatic carbocycles. The van der Waals surface area contributed by atoms with Gasteiger partial charge >= 0.3 is 0 Å². The van der Waals surface area contributed by atoms with Gasteiger partial charge in [0.2, 0.25) is 0 Å². The van der Waals surface area contributed by atoms with E-state index < -0.39 is 18.0 Å². The normalized spacial score (nSPS) is 13.8. The van der Waals surface area contributed by atoms with Crippen molar-refractivity contribution in [2.45, 2.75) is 25.6 Å². The van der Waals surface area contributed by atoms with Gasteiger partial charge in [-0.2, -0.15) is 5.26 Å². The molecular formula is C12H14FNO3. The van der Waals surface area contributed by atoms with Gasteiger partial charge in [-0.1, -0.05) is 0 Å². The minimum Gasteiger partial charge on any atom is -0.493 e. The summed E-state index contributed by atoms with van der Waals surface area (Å²) in [6.45, 7) is 2.12. The summed E-state index contributed by atoms with van der Waals surface area (Å²) in [6.07, 6.45) is -2.84. The van der Waals surface area contributed by atoms with Gasteiger partial charge in [0.25, 0.3) is 0 Å². The molecule has 0 aliphatic rings. The molecular weight excluding hydrogens is 225 g/mol. The van der Waals surface area contributed by atoms with Crippen LogP contribution in [0.25, 0.3) is 0 Å². The first-order valence-electron chi connectivity index (χ1n) is 5.25. The SMILES string of the molecule is CCOc1ccc(F)cc1C(O)C(O)CC#N. The van der Waals surface area contributed by atoms with Gasteiger partial charge in [0, 0.05) is 5.56 Å². The number of nitriles is 1. The third kappa shape index (κ3) is 3.41. The zero-order chi connectivity index (χ0) is 12.8. The molecule has 0 fully saturated rings. The van der Waals surface area contributed by atoms with Gasteiger partial charge in [-0.05, 0) is 25.1 Å². The fraction of sp³-hybridized carbons (Fsp3) is 0.417. The minimum atomic E-state index is -1.34. The van der Waals surface area contributed by atoms with Crippen molar-refractivity contribution in [1.82, 2.24) is 0 Å². The van der Waals surface area contributed by atoms with E-state index in [-0.39, 0.29) is 12.0 Å². The van der Waals surface area contributed by atoms with E-state index in [4.69, 9.17) is 10.00 Å². The molecule has 0 aromatic heterocycles. The summed E-state index contributed by atoms with van der Waals surface area (Å²) in [5.41, 5.74) is 0.148. The Bertz CT molecular complexity index is 417. The highest BCUT2D eigenvalue weighted by Gasteiger charge is 2.22. The van der Waals surface area contributed by atoms with Crippen LogP contribution in [0.1, 0.15) is 25.0 Å². The molecule has 1 rings (SSSR count). The maximum atomic E-state index is 13.1. The summed E-state index contributed by atoms with van der Waals surface area (Å²) in [6, 6.07) is 5.42. The fourth-order valence-electron chi connectivity index (χ4n) is 1.45. The number of aliphatic hydroxyl groups excluding tert-OH is 2. The number of hydrogen-bond donors (Lipinski definition) is 2. The number of halogens is 1. The van der Waals surface area contributed by atoms with Crippen LogP contribution in [0.5, 0.6) is 5.75 Å². The lowest BCUT2D eigenvalue weighted by molar-refractivity contribution is 0.0198. The molecule has 1 aromatic rings. The van der Waals surface area contributed by atoms with Crippen LogP contribution in [-0.2, 0) is 0 Å². The summed E-state index contributed by atoms with van der Waals surface area (Å²) < 4.78 is 18.3. The lowest BCUT2D eigenvalue weighted by Gasteiger charge is -2.18. The van der Waals surface area contributed by atoms with E-state index in [0.29, 0.717) is 12.4 Å². The molecule has 0 bridgehead atoms. The Kier molecular flexibility index (Phi) is 4.88. The molecule has 0 spiro atoms. The van der Waals surface area contributed by atoms with E-state index in [0.717, 1.165) is 6.07 Å². The minimum absolute atomic E-state index is 0.148. The summed E-state index contributed by atoms with van der Waals surface area (Å²) in [7, 11) is 0. The number of hydrogen-bond acceptors (Lipinski definition) is 4. The van der Waals surface area contributed by atoms with Crippen molar-refractivity contribution in [2.24, 2.45) is 0 Å². The predicted molar refractivity (Wildman–Crippen MR) is 58.8 cm³/mol. The molecule has 0 saturated carbocycles. The summed E-state index contributed by atoms with van der Waals surface area (Å²) in [5, 5.41) is 27.7. The van der Waals surface area contributed by atoms with Gasteiger partial charge in [0.15, 0.2) is 0 Å². The zero-order valence-corrected chi connectivity index (χ0v) is 9.43. The Morgan fingerprint density at radius 1 is 1.47 bits per heavy atom. The Morgan fingerprint density at radius 2 is 2.18 bits per heavy atom. The lowest BCUT2D eigenvalue weighted by Crippen LogP contribution is -2.18. The zero-order valence-electron chi connectivity index (χ0n) is 9.43. The monoisotopic (exact) mass is 239 g/mol. The molecule has 0 aliphatic heterocycles. The molecule has 0 radical (unpaired) electrons. The molecule has 5 heteroatoms. The molecule has 17 heavy (non-hydrogen) atoms. The van der Waals surface area contributed by atoms with Crippen molar-refractivity contribution in [3.63, 3.8) is 0 Å². The molecule has 2 unspecified atom stereocenters. The van der Waals surface area contributed by atoms with Crippen LogP contribution in [0, 0.1) is 17.1 Å². The van der Waals surface area contributed by atoms with Gasteiger partial charge in [0.05, 0.1) is 25.2 Å². The smallest absolute Gasteiger partial charge is 0.125 e. The second kappa shape index (κ2) is 6.18. The van der Waals surface area contributed by atoms with Crippen LogP contribution in [0.2, 0.25) is 0 Å². The first-order valence-corrected chi connectivity index (χ1v) is 5.25. The van der Waals surface area contributed by atoms with Crippen molar-refractivity contribution in [1.29, 1.82) is 5.26 Å². The topological polar surface area (TPSA) is 73.5 Å². The van der Waals surface area contributed by atoms with E-state index in [2.05, 4.69) is 0 Å². The standard InChI is InChI=1S/C12H14FNO3/c1-2-17-11-4-3-8(13)7-9(11)12(16)10(15)5-6-14/h3-4,7,10,12,15-16H,2,5H2,1H3. The van der Waals surface area contributed by atoms with E-state index in [1.807, 2.05) is 0 Å². The van der Waals surface area contributed by atoms with Gasteiger partial charge in [-0.3, -0.25) is 0 Å². The average molecular weight is 239 g/mol. The maximum Gasteiger partial charge on any atom is 0.125 e. The predicted octanol–water partition coefficient (Wildman–Crippen LogP) is 1.53. The number of benzene rings is 1. The van der Waals surface area contributed by atoms with Gasteiger partial charge in [-0.25, -0.2) is 4.39 Å². The highest BCUT2D eigenvalue weighted by Crippen LogP contribution is 2.29. The van der Waals surface area contributed by atoms with Crippen LogP contribution in [-0.4, -0.2) is 22.9 Å². The van der Waals surface area contributed by atoms with Gasteiger partial charge in [-0.15, -0.1) is 0 Å². The van der Waals surface area contributed by atoms with E-state index in [1.165, 1.54) is 12.1 Å². The van der Waals surface area contributed by atoms with Crippen molar-refractivity contribution in [3.05, 3.63) is 29.6 Å². The highest BCUT2D eigenvalue weighted by molar-refractivity contribution is 5.36. The molecule has 0 amide bonds. The van der Waals surface area contributed by atoms with Crippen LogP contribution >= 0.6 is 0 Å². The number of ether oxygens (including phenoxy) is 1. The number of nitrogens with zero attached hydrogens (tertiary/aromatic N) is 1. The largest absolute Gasteiger partial charge is 0.493 e. The quantitative estimate of drug-likeness (QED) is 0.817. The molecule has 4 nitrogen and oxygen atoms in total. The number of rotatable bonds is 5. The highest BCUT2D eigenvalue weighted by atomic mass is 19.1. The second-order valence-electron chi connectivity index (χ2n) is 3.49. The Balaban J connectivity index is 3.01. The van der Waals surface area contributed by atoms with Gasteiger partial charge < -0.3 is 14.9 Å². The van der Waals surface area contributed by atoms with Crippen molar-refractivity contribution in [2.75, 3.05) is 6.61 Å². The van der Waals surface area contributed by atoms with Crippen molar-refractivity contribution in [3.8, 4) is 11.8 Å². The summed E-state index contributed by atoms with van der Waals surface area (Å²) in [5.74, 6) is -0.231. The fourth-order valence-corrected chi connectivity index (χ4v) is 1.45. The first-order chi connectivity index (χ1) is 8.10. The van der Waals surface area contributed by atoms with E-state index in [9.17, 15) is 14.6 Å². The lowest BCUT2D eigenvalue weighted by atomic mass is 10.0. The first kappa shape index (κ1) is 13.4. The molecule has 0 saturated heterocycles. The summed E-state index contributed by atoms with van der Waals surface area (Å²) >= 11 is 0. The second-order valence-corrected chi connectivity index (χ2v) is 3.49. The number of aliphatic hydroxyl groups is 2. The third-order valence-corrected chi connectivity index (χ3v) is 2.26. The molecule has 92 valence electrons. The van der Waals surface area contributed by atoms with Crippen molar-refractivity contribution >= 4 is 0 Å². The van der Waals surface area contributed by atoms with E-state index in [1.54, 1.807) is 13.0 Å². The van der Waals surface area contributed by atoms with Crippen LogP contribution < -0.4 is 4.74 Å². The Hall–Kier alpha value is -1.64. The van der Waals surface area contributed by atoms with E-state index >= 15 is 0 Å². The third-order valence-electron chi connectivity index (χ3n) is 2.26. The Morgan fingerprint density at radius 3 is 2.76 bits per heavy atom. The summed E-state index contributed by atoms with van der Waals surface area (Å²) in [4.78, 5) is 0. The maximum absolute atomic E-state index is 13.1. The van der Waals surface area contributed by atoms with Crippen LogP contribution in [0.15, 0.2) is 18.2 Å². The average Bonchev–Trinajstić information content (AvgIpc) is 2.31. The van der Waals surface area contributed by atoms with Crippen LogP contribution in [0.4, 0.5) is 4.39 Å². The van der Waals surface area contributed by atoms with Crippen LogP contribution in [0.3, 0.4) is 0 Å². The molecule has 1 aromatic carbocycles.